The van der Waals surface area contributed by atoms with Gasteiger partial charge >= 0.3 is 0 Å². The molecule has 0 fully saturated rings. The summed E-state index contributed by atoms with van der Waals surface area (Å²) in [6.07, 6.45) is 6.83. The lowest BCUT2D eigenvalue weighted by Gasteiger charge is -2.16. The zero-order valence-corrected chi connectivity index (χ0v) is 14.0. The normalized spacial score (nSPS) is 16.1. The summed E-state index contributed by atoms with van der Waals surface area (Å²) in [5, 5.41) is 6.25. The Kier molecular flexibility index (Phi) is 4.60. The van der Waals surface area contributed by atoms with Crippen molar-refractivity contribution in [2.75, 3.05) is 14.1 Å². The zero-order valence-electron chi connectivity index (χ0n) is 12.4. The number of thiazole rings is 1. The van der Waals surface area contributed by atoms with Gasteiger partial charge in [0.15, 0.2) is 4.34 Å². The van der Waals surface area contributed by atoms with E-state index in [1.54, 1.807) is 11.3 Å². The van der Waals surface area contributed by atoms with Crippen LogP contribution in [0.2, 0.25) is 0 Å². The Morgan fingerprint density at radius 3 is 2.86 bits per heavy atom. The van der Waals surface area contributed by atoms with Crippen molar-refractivity contribution >= 4 is 39.5 Å². The van der Waals surface area contributed by atoms with Gasteiger partial charge in [-0.2, -0.15) is 5.10 Å². The van der Waals surface area contributed by atoms with Gasteiger partial charge < -0.3 is 5.01 Å². The fraction of sp³-hybridized carbons (Fsp3) is 0.375. The molecule has 0 atom stereocenters. The maximum absolute atomic E-state index is 4.73. The molecule has 1 aromatic heterocycles. The molecule has 1 aromatic carbocycles. The first-order chi connectivity index (χ1) is 10.2. The van der Waals surface area contributed by atoms with Gasteiger partial charge in [0.25, 0.3) is 0 Å². The fourth-order valence-corrected chi connectivity index (χ4v) is 4.66. The van der Waals surface area contributed by atoms with Crippen molar-refractivity contribution in [3.63, 3.8) is 0 Å². The summed E-state index contributed by atoms with van der Waals surface area (Å²) < 4.78 is 2.41. The Balaban J connectivity index is 1.86. The number of hydrogen-bond donors (Lipinski definition) is 0. The molecule has 5 heteroatoms. The summed E-state index contributed by atoms with van der Waals surface area (Å²) in [6, 6.07) is 8.34. The molecule has 0 amide bonds. The maximum Gasteiger partial charge on any atom is 0.155 e. The van der Waals surface area contributed by atoms with E-state index in [4.69, 9.17) is 4.98 Å². The minimum absolute atomic E-state index is 1.10. The summed E-state index contributed by atoms with van der Waals surface area (Å²) in [7, 11) is 3.92. The fourth-order valence-electron chi connectivity index (χ4n) is 2.34. The van der Waals surface area contributed by atoms with Gasteiger partial charge in [-0.05, 0) is 48.3 Å². The molecule has 21 heavy (non-hydrogen) atoms. The van der Waals surface area contributed by atoms with Crippen molar-refractivity contribution < 1.29 is 0 Å². The van der Waals surface area contributed by atoms with Crippen LogP contribution < -0.4 is 0 Å². The average molecular weight is 317 g/mol. The SMILES string of the molecule is CN(C)N=CC1=C(Sc2nc3ccccc3s2)CCCC1. The number of rotatable bonds is 4. The van der Waals surface area contributed by atoms with Crippen LogP contribution in [0.25, 0.3) is 10.2 Å². The van der Waals surface area contributed by atoms with E-state index in [1.165, 1.54) is 28.0 Å². The van der Waals surface area contributed by atoms with E-state index in [0.29, 0.717) is 0 Å². The highest BCUT2D eigenvalue weighted by molar-refractivity contribution is 8.04. The first-order valence-corrected chi connectivity index (χ1v) is 8.82. The van der Waals surface area contributed by atoms with Crippen molar-refractivity contribution in [3.8, 4) is 0 Å². The van der Waals surface area contributed by atoms with Crippen LogP contribution in [0.15, 0.2) is 44.2 Å². The molecule has 0 spiro atoms. The van der Waals surface area contributed by atoms with Crippen molar-refractivity contribution in [1.29, 1.82) is 0 Å². The van der Waals surface area contributed by atoms with Gasteiger partial charge in [0.2, 0.25) is 0 Å². The second kappa shape index (κ2) is 6.62. The number of hydrogen-bond acceptors (Lipinski definition) is 5. The Morgan fingerprint density at radius 1 is 1.24 bits per heavy atom. The van der Waals surface area contributed by atoms with Crippen molar-refractivity contribution in [1.82, 2.24) is 9.99 Å². The Hall–Kier alpha value is -1.33. The zero-order chi connectivity index (χ0) is 14.7. The topological polar surface area (TPSA) is 28.5 Å². The van der Waals surface area contributed by atoms with Crippen LogP contribution in [-0.2, 0) is 0 Å². The number of aromatic nitrogens is 1. The largest absolute Gasteiger partial charge is 0.303 e. The van der Waals surface area contributed by atoms with Crippen molar-refractivity contribution in [2.45, 2.75) is 30.0 Å². The molecule has 2 aromatic rings. The van der Waals surface area contributed by atoms with Gasteiger partial charge in [0, 0.05) is 14.1 Å². The Labute approximate surface area is 133 Å². The maximum atomic E-state index is 4.73. The number of hydrazone groups is 1. The van der Waals surface area contributed by atoms with Crippen LogP contribution in [0.4, 0.5) is 0 Å². The number of thioether (sulfide) groups is 1. The summed E-state index contributed by atoms with van der Waals surface area (Å²) in [6.45, 7) is 0. The molecule has 0 saturated heterocycles. The van der Waals surface area contributed by atoms with E-state index in [1.807, 2.05) is 43.1 Å². The second-order valence-electron chi connectivity index (χ2n) is 5.30. The molecule has 110 valence electrons. The van der Waals surface area contributed by atoms with Gasteiger partial charge in [-0.15, -0.1) is 11.3 Å². The summed E-state index contributed by atoms with van der Waals surface area (Å²) >= 11 is 3.61. The molecule has 0 aliphatic heterocycles. The molecular formula is C16H19N3S2. The highest BCUT2D eigenvalue weighted by atomic mass is 32.2. The van der Waals surface area contributed by atoms with Gasteiger partial charge in [-0.25, -0.2) is 4.98 Å². The summed E-state index contributed by atoms with van der Waals surface area (Å²) in [5.41, 5.74) is 2.48. The number of benzene rings is 1. The number of nitrogens with zero attached hydrogens (tertiary/aromatic N) is 3. The molecule has 0 unspecified atom stereocenters. The van der Waals surface area contributed by atoms with E-state index < -0.39 is 0 Å². The molecule has 1 aliphatic carbocycles. The van der Waals surface area contributed by atoms with E-state index in [0.717, 1.165) is 22.7 Å². The summed E-state index contributed by atoms with van der Waals surface area (Å²) in [5.74, 6) is 0. The molecule has 3 rings (SSSR count). The van der Waals surface area contributed by atoms with Crippen LogP contribution >= 0.6 is 23.1 Å². The minimum Gasteiger partial charge on any atom is -0.303 e. The molecule has 0 N–H and O–H groups in total. The highest BCUT2D eigenvalue weighted by Gasteiger charge is 2.15. The minimum atomic E-state index is 1.10. The van der Waals surface area contributed by atoms with Crippen LogP contribution in [0.5, 0.6) is 0 Å². The van der Waals surface area contributed by atoms with Gasteiger partial charge in [0.05, 0.1) is 16.4 Å². The molecule has 0 radical (unpaired) electrons. The van der Waals surface area contributed by atoms with Crippen LogP contribution in [-0.4, -0.2) is 30.3 Å². The predicted octanol–water partition coefficient (Wildman–Crippen LogP) is 4.76. The van der Waals surface area contributed by atoms with Crippen molar-refractivity contribution in [3.05, 3.63) is 34.7 Å². The van der Waals surface area contributed by atoms with Crippen molar-refractivity contribution in [2.24, 2.45) is 5.10 Å². The first kappa shape index (κ1) is 14.6. The predicted molar refractivity (Wildman–Crippen MR) is 93.2 cm³/mol. The Bertz CT molecular complexity index is 653. The highest BCUT2D eigenvalue weighted by Crippen LogP contribution is 2.39. The van der Waals surface area contributed by atoms with E-state index in [2.05, 4.69) is 23.3 Å². The third kappa shape index (κ3) is 3.66. The van der Waals surface area contributed by atoms with E-state index in [9.17, 15) is 0 Å². The monoisotopic (exact) mass is 317 g/mol. The first-order valence-electron chi connectivity index (χ1n) is 7.19. The number of para-hydroxylation sites is 1. The molecule has 1 heterocycles. The molecule has 3 nitrogen and oxygen atoms in total. The third-order valence-corrected chi connectivity index (χ3v) is 5.70. The second-order valence-corrected chi connectivity index (χ2v) is 7.67. The number of allylic oxidation sites excluding steroid dienone is 2. The van der Waals surface area contributed by atoms with E-state index >= 15 is 0 Å². The molecule has 0 saturated carbocycles. The smallest absolute Gasteiger partial charge is 0.155 e. The molecule has 0 bridgehead atoms. The quantitative estimate of drug-likeness (QED) is 0.601. The van der Waals surface area contributed by atoms with Crippen LogP contribution in [0.1, 0.15) is 25.7 Å². The summed E-state index contributed by atoms with van der Waals surface area (Å²) in [4.78, 5) is 6.16. The molecular weight excluding hydrogens is 298 g/mol. The van der Waals surface area contributed by atoms with Crippen LogP contribution in [0, 0.1) is 0 Å². The van der Waals surface area contributed by atoms with Crippen LogP contribution in [0.3, 0.4) is 0 Å². The lowest BCUT2D eigenvalue weighted by atomic mass is 10.0. The third-order valence-electron chi connectivity index (χ3n) is 3.39. The Morgan fingerprint density at radius 2 is 2.05 bits per heavy atom. The number of fused-ring (bicyclic) bond motifs is 1. The standard InChI is InChI=1S/C16H19N3S2/c1-19(2)17-11-12-7-3-5-9-14(12)20-16-18-13-8-4-6-10-15(13)21-16/h4,6,8,10-11H,3,5,7,9H2,1-2H3. The molecule has 1 aliphatic rings. The van der Waals surface area contributed by atoms with Gasteiger partial charge in [-0.1, -0.05) is 23.9 Å². The lowest BCUT2D eigenvalue weighted by Crippen LogP contribution is -2.05. The van der Waals surface area contributed by atoms with E-state index in [-0.39, 0.29) is 0 Å². The van der Waals surface area contributed by atoms with Gasteiger partial charge in [0.1, 0.15) is 0 Å². The lowest BCUT2D eigenvalue weighted by molar-refractivity contribution is 0.440. The van der Waals surface area contributed by atoms with Gasteiger partial charge in [-0.3, -0.25) is 0 Å². The average Bonchev–Trinajstić information content (AvgIpc) is 2.88.